The maximum Gasteiger partial charge on any atom is 0.317 e. The summed E-state index contributed by atoms with van der Waals surface area (Å²) >= 11 is 0. The first-order valence-electron chi connectivity index (χ1n) is 9.29. The minimum absolute atomic E-state index is 0.0650. The van der Waals surface area contributed by atoms with Gasteiger partial charge in [-0.3, -0.25) is 4.79 Å². The fourth-order valence-corrected chi connectivity index (χ4v) is 4.27. The van der Waals surface area contributed by atoms with Crippen LogP contribution in [-0.2, 0) is 17.8 Å². The molecule has 0 bridgehead atoms. The molecule has 6 nitrogen and oxygen atoms in total. The third-order valence-electron chi connectivity index (χ3n) is 5.78. The van der Waals surface area contributed by atoms with Gasteiger partial charge in [0, 0.05) is 52.2 Å². The molecule has 25 heavy (non-hydrogen) atoms. The lowest BCUT2D eigenvalue weighted by Crippen LogP contribution is -2.44. The smallest absolute Gasteiger partial charge is 0.317 e. The lowest BCUT2D eigenvalue weighted by Gasteiger charge is -2.29. The van der Waals surface area contributed by atoms with Crippen LogP contribution >= 0.6 is 0 Å². The third kappa shape index (κ3) is 3.49. The van der Waals surface area contributed by atoms with Crippen molar-refractivity contribution < 1.29 is 9.59 Å². The number of carbonyl (C=O) groups is 2. The average molecular weight is 342 g/mol. The van der Waals surface area contributed by atoms with Crippen LogP contribution in [0.3, 0.4) is 0 Å². The monoisotopic (exact) mass is 342 g/mol. The number of hydrogen-bond acceptors (Lipinski definition) is 3. The quantitative estimate of drug-likeness (QED) is 0.855. The lowest BCUT2D eigenvalue weighted by atomic mass is 10.0. The van der Waals surface area contributed by atoms with Gasteiger partial charge in [-0.05, 0) is 29.4 Å². The van der Waals surface area contributed by atoms with Crippen molar-refractivity contribution in [1.82, 2.24) is 20.4 Å². The van der Waals surface area contributed by atoms with Crippen LogP contribution in [0, 0.1) is 11.8 Å². The highest BCUT2D eigenvalue weighted by Crippen LogP contribution is 2.26. The summed E-state index contributed by atoms with van der Waals surface area (Å²) in [6, 6.07) is 8.20. The molecule has 3 aliphatic rings. The minimum Gasteiger partial charge on any atom is -0.342 e. The van der Waals surface area contributed by atoms with Crippen LogP contribution in [0.5, 0.6) is 0 Å². The first-order valence-corrected chi connectivity index (χ1v) is 9.29. The van der Waals surface area contributed by atoms with Crippen LogP contribution in [0.1, 0.15) is 17.5 Å². The van der Waals surface area contributed by atoms with Crippen molar-refractivity contribution in [3.63, 3.8) is 0 Å². The van der Waals surface area contributed by atoms with E-state index in [4.69, 9.17) is 0 Å². The van der Waals surface area contributed by atoms with Gasteiger partial charge in [0.25, 0.3) is 0 Å². The van der Waals surface area contributed by atoms with Crippen LogP contribution < -0.4 is 10.6 Å². The van der Waals surface area contributed by atoms with Gasteiger partial charge in [0.2, 0.25) is 5.91 Å². The molecule has 4 rings (SSSR count). The Kier molecular flexibility index (Phi) is 4.61. The highest BCUT2D eigenvalue weighted by molar-refractivity contribution is 5.78. The molecule has 0 radical (unpaired) electrons. The van der Waals surface area contributed by atoms with Gasteiger partial charge in [0.1, 0.15) is 0 Å². The maximum atomic E-state index is 12.4. The number of likely N-dealkylation sites (tertiary alicyclic amines) is 1. The van der Waals surface area contributed by atoms with E-state index < -0.39 is 0 Å². The van der Waals surface area contributed by atoms with E-state index in [1.54, 1.807) is 0 Å². The Morgan fingerprint density at radius 2 is 1.80 bits per heavy atom. The van der Waals surface area contributed by atoms with Gasteiger partial charge in [-0.15, -0.1) is 0 Å². The zero-order chi connectivity index (χ0) is 17.2. The van der Waals surface area contributed by atoms with Crippen molar-refractivity contribution in [3.8, 4) is 0 Å². The van der Waals surface area contributed by atoms with Gasteiger partial charge in [0.15, 0.2) is 0 Å². The predicted octanol–water partition coefficient (Wildman–Crippen LogP) is 0.822. The highest BCUT2D eigenvalue weighted by atomic mass is 16.2. The van der Waals surface area contributed by atoms with Crippen LogP contribution in [0.4, 0.5) is 4.79 Å². The molecule has 2 N–H and O–H groups in total. The molecular weight excluding hydrogens is 316 g/mol. The first kappa shape index (κ1) is 16.4. The molecule has 1 aromatic carbocycles. The minimum atomic E-state index is -0.0650. The van der Waals surface area contributed by atoms with E-state index in [2.05, 4.69) is 22.8 Å². The number of hydrogen-bond donors (Lipinski definition) is 2. The Morgan fingerprint density at radius 1 is 1.08 bits per heavy atom. The van der Waals surface area contributed by atoms with E-state index in [1.807, 2.05) is 21.9 Å². The molecular formula is C19H26N4O2. The molecule has 1 aromatic rings. The number of rotatable bonds is 3. The number of fused-ring (bicyclic) bond motifs is 2. The molecule has 0 spiro atoms. The fraction of sp³-hybridized carbons (Fsp3) is 0.579. The van der Waals surface area contributed by atoms with Crippen molar-refractivity contribution >= 4 is 11.9 Å². The van der Waals surface area contributed by atoms with Gasteiger partial charge in [-0.1, -0.05) is 24.3 Å². The van der Waals surface area contributed by atoms with Crippen LogP contribution in [0.2, 0.25) is 0 Å². The predicted molar refractivity (Wildman–Crippen MR) is 95.0 cm³/mol. The van der Waals surface area contributed by atoms with Crippen molar-refractivity contribution in [2.24, 2.45) is 11.8 Å². The van der Waals surface area contributed by atoms with Gasteiger partial charge in [0.05, 0.1) is 0 Å². The second-order valence-electron chi connectivity index (χ2n) is 7.40. The second kappa shape index (κ2) is 7.04. The highest BCUT2D eigenvalue weighted by Gasteiger charge is 2.37. The average Bonchev–Trinajstić information content (AvgIpc) is 3.23. The zero-order valence-electron chi connectivity index (χ0n) is 14.5. The number of amides is 3. The molecule has 3 aliphatic heterocycles. The van der Waals surface area contributed by atoms with Crippen molar-refractivity contribution in [3.05, 3.63) is 35.4 Å². The molecule has 0 saturated carbocycles. The Hall–Kier alpha value is -2.08. The molecule has 0 aliphatic carbocycles. The summed E-state index contributed by atoms with van der Waals surface area (Å²) in [5.74, 6) is 1.40. The largest absolute Gasteiger partial charge is 0.342 e. The number of urea groups is 1. The van der Waals surface area contributed by atoms with E-state index in [9.17, 15) is 9.59 Å². The Morgan fingerprint density at radius 3 is 2.56 bits per heavy atom. The number of carbonyl (C=O) groups excluding carboxylic acids is 2. The van der Waals surface area contributed by atoms with Crippen LogP contribution in [0.25, 0.3) is 0 Å². The van der Waals surface area contributed by atoms with Crippen molar-refractivity contribution in [1.29, 1.82) is 0 Å². The number of nitrogens with zero attached hydrogens (tertiary/aromatic N) is 2. The summed E-state index contributed by atoms with van der Waals surface area (Å²) in [6.07, 6.45) is 1.29. The number of benzene rings is 1. The Labute approximate surface area is 148 Å². The summed E-state index contributed by atoms with van der Waals surface area (Å²) in [5, 5.41) is 6.30. The molecule has 0 aromatic heterocycles. The van der Waals surface area contributed by atoms with Crippen LogP contribution in [0.15, 0.2) is 24.3 Å². The van der Waals surface area contributed by atoms with Gasteiger partial charge >= 0.3 is 6.03 Å². The summed E-state index contributed by atoms with van der Waals surface area (Å²) in [4.78, 5) is 28.5. The van der Waals surface area contributed by atoms with E-state index in [-0.39, 0.29) is 11.9 Å². The molecule has 2 saturated heterocycles. The third-order valence-corrected chi connectivity index (χ3v) is 5.78. The van der Waals surface area contributed by atoms with Crippen LogP contribution in [-0.4, -0.2) is 61.0 Å². The number of nitrogens with one attached hydrogen (secondary N) is 2. The van der Waals surface area contributed by atoms with Gasteiger partial charge < -0.3 is 20.4 Å². The molecule has 3 amide bonds. The van der Waals surface area contributed by atoms with E-state index in [0.717, 1.165) is 39.1 Å². The second-order valence-corrected chi connectivity index (χ2v) is 7.40. The van der Waals surface area contributed by atoms with Crippen molar-refractivity contribution in [2.45, 2.75) is 19.4 Å². The normalized spacial score (nSPS) is 24.8. The van der Waals surface area contributed by atoms with E-state index in [1.165, 1.54) is 11.1 Å². The topological polar surface area (TPSA) is 64.7 Å². The lowest BCUT2D eigenvalue weighted by molar-refractivity contribution is -0.130. The molecule has 134 valence electrons. The molecule has 0 unspecified atom stereocenters. The SMILES string of the molecule is O=C(CCNC(=O)N1CCc2ccccc2C1)N1C[C@H]2CNC[C@H]2C1. The zero-order valence-corrected chi connectivity index (χ0v) is 14.5. The summed E-state index contributed by atoms with van der Waals surface area (Å²) < 4.78 is 0. The Bertz CT molecular complexity index is 651. The van der Waals surface area contributed by atoms with E-state index in [0.29, 0.717) is 31.3 Å². The van der Waals surface area contributed by atoms with Crippen molar-refractivity contribution in [2.75, 3.05) is 39.3 Å². The maximum absolute atomic E-state index is 12.4. The van der Waals surface area contributed by atoms with Gasteiger partial charge in [-0.25, -0.2) is 4.79 Å². The molecule has 6 heteroatoms. The van der Waals surface area contributed by atoms with E-state index >= 15 is 0 Å². The summed E-state index contributed by atoms with van der Waals surface area (Å²) in [5.41, 5.74) is 2.55. The molecule has 3 heterocycles. The molecule has 2 fully saturated rings. The molecule has 2 atom stereocenters. The van der Waals surface area contributed by atoms with Gasteiger partial charge in [-0.2, -0.15) is 0 Å². The Balaban J connectivity index is 1.21. The summed E-state index contributed by atoms with van der Waals surface area (Å²) in [7, 11) is 0. The standard InChI is InChI=1S/C19H26N4O2/c24-18(23-12-16-9-20-10-17(16)13-23)5-7-21-19(25)22-8-6-14-3-1-2-4-15(14)11-22/h1-4,16-17,20H,5-13H2,(H,21,25)/t16-,17+. The fourth-order valence-electron chi connectivity index (χ4n) is 4.27. The summed E-state index contributed by atoms with van der Waals surface area (Å²) in [6.45, 7) is 5.60. The first-order chi connectivity index (χ1) is 12.2.